The van der Waals surface area contributed by atoms with Crippen molar-refractivity contribution in [2.24, 2.45) is 12.5 Å². The number of aromatic nitrogens is 4. The number of hydrogen-bond acceptors (Lipinski definition) is 4. The topological polar surface area (TPSA) is 50.9 Å². The summed E-state index contributed by atoms with van der Waals surface area (Å²) in [6.45, 7) is 5.26. The highest BCUT2D eigenvalue weighted by Gasteiger charge is 2.56. The smallest absolute Gasteiger partial charge is 0.122 e. The van der Waals surface area contributed by atoms with Crippen LogP contribution in [0.25, 0.3) is 0 Å². The molecule has 1 saturated heterocycles. The van der Waals surface area contributed by atoms with E-state index >= 15 is 0 Å². The Morgan fingerprint density at radius 3 is 2.87 bits per heavy atom. The van der Waals surface area contributed by atoms with E-state index in [0.717, 1.165) is 25.5 Å². The number of imidazole rings is 1. The third kappa shape index (κ3) is 3.05. The molecule has 3 heterocycles. The number of rotatable bonds is 6. The molecule has 0 bridgehead atoms. The number of hydrogen-bond donors (Lipinski definition) is 1. The molecule has 4 rings (SSSR count). The van der Waals surface area contributed by atoms with Gasteiger partial charge in [0.15, 0.2) is 0 Å². The molecule has 6 nitrogen and oxygen atoms in total. The Hall–Kier alpha value is -1.66. The molecular formula is C17H26N6. The molecule has 23 heavy (non-hydrogen) atoms. The van der Waals surface area contributed by atoms with Crippen LogP contribution in [0.1, 0.15) is 25.1 Å². The van der Waals surface area contributed by atoms with Gasteiger partial charge in [-0.05, 0) is 43.8 Å². The number of aryl methyl sites for hydroxylation is 1. The lowest BCUT2D eigenvalue weighted by molar-refractivity contribution is 0.182. The Morgan fingerprint density at radius 2 is 2.17 bits per heavy atom. The lowest BCUT2D eigenvalue weighted by atomic mass is 9.93. The number of nitrogens with zero attached hydrogens (tertiary/aromatic N) is 5. The molecule has 6 heteroatoms. The summed E-state index contributed by atoms with van der Waals surface area (Å²) >= 11 is 0. The fourth-order valence-electron chi connectivity index (χ4n) is 4.04. The lowest BCUT2D eigenvalue weighted by Crippen LogP contribution is -2.37. The average molecular weight is 314 g/mol. The quantitative estimate of drug-likeness (QED) is 0.872. The van der Waals surface area contributed by atoms with Crippen molar-refractivity contribution < 1.29 is 0 Å². The summed E-state index contributed by atoms with van der Waals surface area (Å²) < 4.78 is 4.17. The van der Waals surface area contributed by atoms with Gasteiger partial charge in [-0.3, -0.25) is 9.58 Å². The van der Waals surface area contributed by atoms with Crippen molar-refractivity contribution in [2.75, 3.05) is 19.6 Å². The highest BCUT2D eigenvalue weighted by molar-refractivity contribution is 5.11. The van der Waals surface area contributed by atoms with Gasteiger partial charge in [0, 0.05) is 44.4 Å². The molecule has 0 radical (unpaired) electrons. The van der Waals surface area contributed by atoms with Crippen LogP contribution in [-0.2, 0) is 20.1 Å². The first-order valence-corrected chi connectivity index (χ1v) is 8.65. The molecular weight excluding hydrogens is 288 g/mol. The predicted molar refractivity (Wildman–Crippen MR) is 88.8 cm³/mol. The van der Waals surface area contributed by atoms with Gasteiger partial charge in [0.2, 0.25) is 0 Å². The van der Waals surface area contributed by atoms with E-state index in [1.54, 1.807) is 0 Å². The normalized spacial score (nSPS) is 22.8. The van der Waals surface area contributed by atoms with Gasteiger partial charge in [0.1, 0.15) is 5.82 Å². The van der Waals surface area contributed by atoms with Crippen LogP contribution >= 0.6 is 0 Å². The fourth-order valence-corrected chi connectivity index (χ4v) is 4.04. The molecule has 1 aliphatic carbocycles. The SMILES string of the molecule is Cn1ccnc1CN(CCn1cccn1)C1CC12CCNCC2. The second kappa shape index (κ2) is 6.09. The molecule has 1 aliphatic heterocycles. The van der Waals surface area contributed by atoms with Crippen LogP contribution in [-0.4, -0.2) is 49.9 Å². The molecule has 2 aromatic heterocycles. The van der Waals surface area contributed by atoms with Crippen molar-refractivity contribution in [1.82, 2.24) is 29.5 Å². The maximum absolute atomic E-state index is 4.53. The molecule has 124 valence electrons. The van der Waals surface area contributed by atoms with E-state index in [4.69, 9.17) is 0 Å². The van der Waals surface area contributed by atoms with Crippen molar-refractivity contribution in [3.63, 3.8) is 0 Å². The summed E-state index contributed by atoms with van der Waals surface area (Å²) in [6, 6.07) is 2.70. The third-order valence-electron chi connectivity index (χ3n) is 5.63. The van der Waals surface area contributed by atoms with Crippen molar-refractivity contribution in [2.45, 2.75) is 38.4 Å². The fraction of sp³-hybridized carbons (Fsp3) is 0.647. The van der Waals surface area contributed by atoms with Gasteiger partial charge in [0.25, 0.3) is 0 Å². The molecule has 1 atom stereocenters. The van der Waals surface area contributed by atoms with Gasteiger partial charge >= 0.3 is 0 Å². The van der Waals surface area contributed by atoms with Gasteiger partial charge in [-0.1, -0.05) is 0 Å². The lowest BCUT2D eigenvalue weighted by Gasteiger charge is -2.29. The van der Waals surface area contributed by atoms with E-state index < -0.39 is 0 Å². The van der Waals surface area contributed by atoms with Crippen LogP contribution < -0.4 is 5.32 Å². The molecule has 2 aliphatic rings. The molecule has 0 aromatic carbocycles. The monoisotopic (exact) mass is 314 g/mol. The minimum atomic E-state index is 0.556. The largest absolute Gasteiger partial charge is 0.337 e. The minimum absolute atomic E-state index is 0.556. The summed E-state index contributed by atoms with van der Waals surface area (Å²) in [4.78, 5) is 7.17. The predicted octanol–water partition coefficient (Wildman–Crippen LogP) is 1.26. The van der Waals surface area contributed by atoms with Gasteiger partial charge < -0.3 is 9.88 Å². The van der Waals surface area contributed by atoms with Crippen LogP contribution in [0, 0.1) is 5.41 Å². The molecule has 1 unspecified atom stereocenters. The van der Waals surface area contributed by atoms with Crippen LogP contribution in [0.3, 0.4) is 0 Å². The maximum atomic E-state index is 4.53. The zero-order valence-corrected chi connectivity index (χ0v) is 13.9. The second-order valence-electron chi connectivity index (χ2n) is 7.03. The highest BCUT2D eigenvalue weighted by atomic mass is 15.3. The van der Waals surface area contributed by atoms with Gasteiger partial charge in [-0.15, -0.1) is 0 Å². The van der Waals surface area contributed by atoms with Gasteiger partial charge in [-0.25, -0.2) is 4.98 Å². The maximum Gasteiger partial charge on any atom is 0.122 e. The zero-order valence-electron chi connectivity index (χ0n) is 13.9. The van der Waals surface area contributed by atoms with Gasteiger partial charge in [0.05, 0.1) is 13.1 Å². The molecule has 1 spiro atoms. The van der Waals surface area contributed by atoms with Crippen LogP contribution in [0.15, 0.2) is 30.9 Å². The summed E-state index contributed by atoms with van der Waals surface area (Å²) in [5.74, 6) is 1.15. The molecule has 1 saturated carbocycles. The van der Waals surface area contributed by atoms with Crippen LogP contribution in [0.4, 0.5) is 0 Å². The summed E-state index contributed by atoms with van der Waals surface area (Å²) in [5.41, 5.74) is 0.556. The average Bonchev–Trinajstić information content (AvgIpc) is 2.95. The van der Waals surface area contributed by atoms with Crippen molar-refractivity contribution in [3.8, 4) is 0 Å². The van der Waals surface area contributed by atoms with Crippen LogP contribution in [0.2, 0.25) is 0 Å². The van der Waals surface area contributed by atoms with E-state index in [-0.39, 0.29) is 0 Å². The number of piperidine rings is 1. The summed E-state index contributed by atoms with van der Waals surface area (Å²) in [7, 11) is 2.08. The van der Waals surface area contributed by atoms with Crippen LogP contribution in [0.5, 0.6) is 0 Å². The molecule has 2 aromatic rings. The van der Waals surface area contributed by atoms with Gasteiger partial charge in [-0.2, -0.15) is 5.10 Å². The Balaban J connectivity index is 1.46. The highest BCUT2D eigenvalue weighted by Crippen LogP contribution is 2.55. The zero-order chi connectivity index (χ0) is 15.7. The van der Waals surface area contributed by atoms with E-state index in [0.29, 0.717) is 11.5 Å². The summed E-state index contributed by atoms with van der Waals surface area (Å²) in [5, 5.41) is 7.85. The van der Waals surface area contributed by atoms with E-state index in [9.17, 15) is 0 Å². The molecule has 1 N–H and O–H groups in total. The van der Waals surface area contributed by atoms with E-state index in [1.165, 1.54) is 32.4 Å². The summed E-state index contributed by atoms with van der Waals surface area (Å²) in [6.07, 6.45) is 11.8. The minimum Gasteiger partial charge on any atom is -0.337 e. The standard InChI is InChI=1S/C17H26N6/c1-21-10-8-19-16(21)14-22(11-12-23-9-2-5-20-23)15-13-17(15)3-6-18-7-4-17/h2,5,8-10,15,18H,3-4,6-7,11-14H2,1H3. The Bertz CT molecular complexity index is 625. The first-order valence-electron chi connectivity index (χ1n) is 8.65. The Labute approximate surface area is 137 Å². The first-order chi connectivity index (χ1) is 11.3. The van der Waals surface area contributed by atoms with Crippen molar-refractivity contribution in [1.29, 1.82) is 0 Å². The number of nitrogens with one attached hydrogen (secondary N) is 1. The molecule has 0 amide bonds. The molecule has 2 fully saturated rings. The van der Waals surface area contributed by atoms with E-state index in [2.05, 4.69) is 31.9 Å². The first kappa shape index (κ1) is 14.9. The second-order valence-corrected chi connectivity index (χ2v) is 7.03. The Kier molecular flexibility index (Phi) is 3.95. The van der Waals surface area contributed by atoms with E-state index in [1.807, 2.05) is 35.5 Å². The Morgan fingerprint density at radius 1 is 1.30 bits per heavy atom. The van der Waals surface area contributed by atoms with Crippen molar-refractivity contribution >= 4 is 0 Å². The van der Waals surface area contributed by atoms with Crippen molar-refractivity contribution in [3.05, 3.63) is 36.7 Å². The third-order valence-corrected chi connectivity index (χ3v) is 5.63.